The highest BCUT2D eigenvalue weighted by atomic mass is 35.5. The van der Waals surface area contributed by atoms with Crippen LogP contribution in [0.2, 0.25) is 5.02 Å². The first-order valence-electron chi connectivity index (χ1n) is 9.41. The van der Waals surface area contributed by atoms with Crippen LogP contribution in [-0.2, 0) is 19.9 Å². The monoisotopic (exact) mass is 470 g/mol. The topological polar surface area (TPSA) is 101 Å². The average Bonchev–Trinajstić information content (AvgIpc) is 3.24. The first kappa shape index (κ1) is 22.7. The second-order valence-corrected chi connectivity index (χ2v) is 12.1. The van der Waals surface area contributed by atoms with E-state index >= 15 is 0 Å². The Morgan fingerprint density at radius 2 is 1.60 bits per heavy atom. The molecule has 1 aliphatic carbocycles. The fraction of sp³-hybridized carbons (Fsp3) is 0.350. The molecule has 1 saturated carbocycles. The molecule has 162 valence electrons. The Bertz CT molecular complexity index is 1150. The van der Waals surface area contributed by atoms with Gasteiger partial charge in [0.2, 0.25) is 10.0 Å². The molecular formula is C20H23ClN2O5S2. The first-order chi connectivity index (χ1) is 14.0. The van der Waals surface area contributed by atoms with Crippen molar-refractivity contribution in [2.24, 2.45) is 0 Å². The number of rotatable bonds is 6. The van der Waals surface area contributed by atoms with Gasteiger partial charge in [-0.05, 0) is 55.3 Å². The van der Waals surface area contributed by atoms with Crippen LogP contribution in [0.3, 0.4) is 0 Å². The third-order valence-electron chi connectivity index (χ3n) is 5.13. The summed E-state index contributed by atoms with van der Waals surface area (Å²) in [5.41, 5.74) is 0.514. The van der Waals surface area contributed by atoms with Crippen molar-refractivity contribution < 1.29 is 21.6 Å². The molecule has 2 aromatic rings. The summed E-state index contributed by atoms with van der Waals surface area (Å²) < 4.78 is 51.1. The van der Waals surface area contributed by atoms with Crippen molar-refractivity contribution in [1.82, 2.24) is 4.31 Å². The van der Waals surface area contributed by atoms with Crippen LogP contribution in [0.5, 0.6) is 0 Å². The number of hydrogen-bond acceptors (Lipinski definition) is 5. The summed E-state index contributed by atoms with van der Waals surface area (Å²) in [7, 11) is -4.43. The summed E-state index contributed by atoms with van der Waals surface area (Å²) in [5, 5.41) is 2.32. The van der Waals surface area contributed by atoms with Crippen LogP contribution >= 0.6 is 11.6 Å². The quantitative estimate of drug-likeness (QED) is 0.695. The zero-order valence-electron chi connectivity index (χ0n) is 16.6. The molecule has 1 amide bonds. The second-order valence-electron chi connectivity index (χ2n) is 7.36. The van der Waals surface area contributed by atoms with Gasteiger partial charge in [-0.15, -0.1) is 0 Å². The maximum atomic E-state index is 12.6. The Morgan fingerprint density at radius 1 is 1.00 bits per heavy atom. The Labute approximate surface area is 182 Å². The fourth-order valence-corrected chi connectivity index (χ4v) is 6.61. The molecule has 3 rings (SSSR count). The number of carbonyl (C=O) groups excluding carboxylic acids is 1. The molecule has 2 aromatic carbocycles. The van der Waals surface area contributed by atoms with E-state index in [-0.39, 0.29) is 25.6 Å². The summed E-state index contributed by atoms with van der Waals surface area (Å²) in [4.78, 5) is 12.7. The smallest absolute Gasteiger partial charge is 0.255 e. The van der Waals surface area contributed by atoms with Crippen molar-refractivity contribution in [2.75, 3.05) is 19.4 Å². The molecule has 0 atom stereocenters. The Balaban J connectivity index is 1.80. The molecule has 0 aromatic heterocycles. The maximum Gasteiger partial charge on any atom is 0.255 e. The molecule has 0 heterocycles. The molecule has 0 saturated heterocycles. The molecule has 30 heavy (non-hydrogen) atoms. The Morgan fingerprint density at radius 3 is 2.17 bits per heavy atom. The van der Waals surface area contributed by atoms with Crippen LogP contribution in [0.1, 0.15) is 36.0 Å². The molecule has 7 nitrogen and oxygen atoms in total. The van der Waals surface area contributed by atoms with Crippen LogP contribution in [0.25, 0.3) is 0 Å². The van der Waals surface area contributed by atoms with E-state index in [0.29, 0.717) is 18.5 Å². The van der Waals surface area contributed by atoms with Gasteiger partial charge in [-0.2, -0.15) is 0 Å². The molecule has 0 bridgehead atoms. The standard InChI is InChI=1S/C20H23ClN2O5S2/c1-23(2)30(27,28)19-13-14(7-12-18(19)21)20(24)22-15-8-10-17(11-9-15)29(25,26)16-5-3-4-6-16/h7-13,16H,3-6H2,1-2H3,(H,22,24). The van der Waals surface area contributed by atoms with Gasteiger partial charge in [0, 0.05) is 25.3 Å². The van der Waals surface area contributed by atoms with Gasteiger partial charge in [0.1, 0.15) is 4.90 Å². The number of anilines is 1. The summed E-state index contributed by atoms with van der Waals surface area (Å²) in [6, 6.07) is 9.99. The van der Waals surface area contributed by atoms with Gasteiger partial charge in [0.15, 0.2) is 9.84 Å². The van der Waals surface area contributed by atoms with E-state index in [1.165, 1.54) is 56.6 Å². The minimum atomic E-state index is -3.81. The fourth-order valence-electron chi connectivity index (χ4n) is 3.36. The summed E-state index contributed by atoms with van der Waals surface area (Å²) in [5.74, 6) is -0.534. The predicted octanol–water partition coefficient (Wildman–Crippen LogP) is 3.56. The van der Waals surface area contributed by atoms with E-state index in [4.69, 9.17) is 11.6 Å². The maximum absolute atomic E-state index is 12.6. The van der Waals surface area contributed by atoms with Crippen molar-refractivity contribution >= 4 is 43.1 Å². The molecule has 0 spiro atoms. The van der Waals surface area contributed by atoms with Gasteiger partial charge in [-0.1, -0.05) is 24.4 Å². The number of hydrogen-bond donors (Lipinski definition) is 1. The van der Waals surface area contributed by atoms with E-state index in [9.17, 15) is 21.6 Å². The van der Waals surface area contributed by atoms with Crippen molar-refractivity contribution in [3.8, 4) is 0 Å². The minimum Gasteiger partial charge on any atom is -0.322 e. The number of carbonyl (C=O) groups is 1. The van der Waals surface area contributed by atoms with Gasteiger partial charge in [0.25, 0.3) is 5.91 Å². The zero-order chi connectivity index (χ0) is 22.1. The van der Waals surface area contributed by atoms with Gasteiger partial charge >= 0.3 is 0 Å². The number of sulfone groups is 1. The highest BCUT2D eigenvalue weighted by Gasteiger charge is 2.30. The molecule has 0 aliphatic heterocycles. The lowest BCUT2D eigenvalue weighted by Crippen LogP contribution is -2.23. The van der Waals surface area contributed by atoms with Crippen LogP contribution in [0.4, 0.5) is 5.69 Å². The summed E-state index contributed by atoms with van der Waals surface area (Å²) >= 11 is 6.01. The average molecular weight is 471 g/mol. The highest BCUT2D eigenvalue weighted by Crippen LogP contribution is 2.30. The van der Waals surface area contributed by atoms with E-state index in [0.717, 1.165) is 17.1 Å². The van der Waals surface area contributed by atoms with Gasteiger partial charge in [-0.3, -0.25) is 4.79 Å². The lowest BCUT2D eigenvalue weighted by molar-refractivity contribution is 0.102. The molecule has 1 fully saturated rings. The number of amides is 1. The Hall–Kier alpha value is -1.94. The minimum absolute atomic E-state index is 0.0155. The van der Waals surface area contributed by atoms with Crippen molar-refractivity contribution in [3.05, 3.63) is 53.1 Å². The van der Waals surface area contributed by atoms with E-state index < -0.39 is 25.8 Å². The van der Waals surface area contributed by atoms with Gasteiger partial charge in [0.05, 0.1) is 15.2 Å². The number of halogens is 1. The molecule has 10 heteroatoms. The van der Waals surface area contributed by atoms with Crippen LogP contribution < -0.4 is 5.32 Å². The predicted molar refractivity (Wildman–Crippen MR) is 116 cm³/mol. The SMILES string of the molecule is CN(C)S(=O)(=O)c1cc(C(=O)Nc2ccc(S(=O)(=O)C3CCCC3)cc2)ccc1Cl. The first-order valence-corrected chi connectivity index (χ1v) is 12.8. The lowest BCUT2D eigenvalue weighted by Gasteiger charge is -2.14. The highest BCUT2D eigenvalue weighted by molar-refractivity contribution is 7.92. The molecular weight excluding hydrogens is 448 g/mol. The molecule has 0 radical (unpaired) electrons. The number of benzene rings is 2. The number of nitrogens with zero attached hydrogens (tertiary/aromatic N) is 1. The van der Waals surface area contributed by atoms with E-state index in [2.05, 4.69) is 5.32 Å². The second kappa shape index (κ2) is 8.66. The van der Waals surface area contributed by atoms with Crippen molar-refractivity contribution in [3.63, 3.8) is 0 Å². The summed E-state index contributed by atoms with van der Waals surface area (Å²) in [6.07, 6.45) is 3.19. The number of nitrogens with one attached hydrogen (secondary N) is 1. The number of sulfonamides is 1. The van der Waals surface area contributed by atoms with Gasteiger partial charge in [-0.25, -0.2) is 21.1 Å². The van der Waals surface area contributed by atoms with E-state index in [1.54, 1.807) is 0 Å². The van der Waals surface area contributed by atoms with E-state index in [1.807, 2.05) is 0 Å². The summed E-state index contributed by atoms with van der Waals surface area (Å²) in [6.45, 7) is 0. The van der Waals surface area contributed by atoms with Gasteiger partial charge < -0.3 is 5.32 Å². The molecule has 1 aliphatic rings. The molecule has 1 N–H and O–H groups in total. The third kappa shape index (κ3) is 4.54. The van der Waals surface area contributed by atoms with Crippen molar-refractivity contribution in [2.45, 2.75) is 40.7 Å². The Kier molecular flexibility index (Phi) is 6.57. The van der Waals surface area contributed by atoms with Crippen LogP contribution in [0, 0.1) is 0 Å². The largest absolute Gasteiger partial charge is 0.322 e. The molecule has 0 unspecified atom stereocenters. The third-order valence-corrected chi connectivity index (χ3v) is 9.71. The van der Waals surface area contributed by atoms with Crippen LogP contribution in [0.15, 0.2) is 52.3 Å². The van der Waals surface area contributed by atoms with Crippen molar-refractivity contribution in [1.29, 1.82) is 0 Å². The van der Waals surface area contributed by atoms with Crippen LogP contribution in [-0.4, -0.2) is 46.4 Å². The normalized spacial score (nSPS) is 15.5. The zero-order valence-corrected chi connectivity index (χ0v) is 19.0. The lowest BCUT2D eigenvalue weighted by atomic mass is 10.2.